The lowest BCUT2D eigenvalue weighted by Gasteiger charge is -2.08. The molecule has 0 amide bonds. The maximum atomic E-state index is 11.7. The molecule has 0 unspecified atom stereocenters. The molecule has 2 aromatic carbocycles. The molecule has 6 nitrogen and oxygen atoms in total. The highest BCUT2D eigenvalue weighted by Crippen LogP contribution is 2.26. The van der Waals surface area contributed by atoms with E-state index < -0.39 is 4.92 Å². The topological polar surface area (TPSA) is 91.5 Å². The van der Waals surface area contributed by atoms with Gasteiger partial charge in [-0.3, -0.25) is 15.1 Å². The second-order valence-electron chi connectivity index (χ2n) is 4.62. The van der Waals surface area contributed by atoms with Gasteiger partial charge in [0.25, 0.3) is 5.69 Å². The molecule has 0 aliphatic heterocycles. The van der Waals surface area contributed by atoms with E-state index in [2.05, 4.69) is 9.98 Å². The molecule has 0 N–H and O–H groups in total. The van der Waals surface area contributed by atoms with Crippen LogP contribution in [-0.2, 0) is 0 Å². The van der Waals surface area contributed by atoms with E-state index >= 15 is 0 Å². The zero-order chi connectivity index (χ0) is 15.7. The molecule has 3 rings (SSSR count). The van der Waals surface area contributed by atoms with Gasteiger partial charge < -0.3 is 5.11 Å². The van der Waals surface area contributed by atoms with Crippen molar-refractivity contribution in [3.63, 3.8) is 0 Å². The molecule has 0 aliphatic rings. The molecule has 0 bridgehead atoms. The second-order valence-corrected chi connectivity index (χ2v) is 5.86. The van der Waals surface area contributed by atoms with E-state index in [0.717, 1.165) is 15.2 Å². The van der Waals surface area contributed by atoms with E-state index in [4.69, 9.17) is 0 Å². The van der Waals surface area contributed by atoms with Crippen molar-refractivity contribution in [1.29, 1.82) is 0 Å². The highest BCUT2D eigenvalue weighted by atomic mass is 32.1. The molecule has 110 valence electrons. The Bertz CT molecular complexity index is 902. The monoisotopic (exact) mass is 312 g/mol. The number of thiazole rings is 1. The lowest BCUT2D eigenvalue weighted by Crippen LogP contribution is -1.98. The van der Waals surface area contributed by atoms with E-state index in [1.54, 1.807) is 11.3 Å². The summed E-state index contributed by atoms with van der Waals surface area (Å²) in [6, 6.07) is 9.13. The fraction of sp³-hybridized carbons (Fsp3) is 0.0667. The Morgan fingerprint density at radius 2 is 2.09 bits per heavy atom. The minimum atomic E-state index is -0.541. The number of benzene rings is 2. The van der Waals surface area contributed by atoms with Crippen molar-refractivity contribution in [2.24, 2.45) is 4.99 Å². The average molecular weight is 312 g/mol. The number of nitro groups is 1. The van der Waals surface area contributed by atoms with Gasteiger partial charge in [-0.15, -0.1) is 11.3 Å². The molecule has 0 atom stereocenters. The number of nitro benzene ring substituents is 1. The molecule has 0 saturated heterocycles. The van der Waals surface area contributed by atoms with Crippen LogP contribution in [0.25, 0.3) is 10.2 Å². The molecule has 3 aromatic rings. The number of hydrogen-bond acceptors (Lipinski definition) is 6. The number of nitrogens with zero attached hydrogens (tertiary/aromatic N) is 3. The number of aliphatic imine (C=N–C) groups is 1. The van der Waals surface area contributed by atoms with E-state index in [-0.39, 0.29) is 17.0 Å². The van der Waals surface area contributed by atoms with Crippen LogP contribution in [0.2, 0.25) is 0 Å². The lowest BCUT2D eigenvalue weighted by molar-refractivity contribution is -0.385. The maximum absolute atomic E-state index is 11.7. The van der Waals surface area contributed by atoms with Crippen molar-refractivity contribution < 1.29 is 10.0 Å². The summed E-state index contributed by atoms with van der Waals surface area (Å²) >= 11 is 1.59. The molecule has 22 heavy (non-hydrogen) atoms. The third-order valence-electron chi connectivity index (χ3n) is 3.03. The van der Waals surface area contributed by atoms with Gasteiger partial charge in [-0.05, 0) is 30.7 Å². The number of non-ortho nitro benzene ring substituents is 1. The van der Waals surface area contributed by atoms with Crippen molar-refractivity contribution in [1.82, 2.24) is 4.98 Å². The third-order valence-corrected chi connectivity index (χ3v) is 3.99. The molecule has 0 aliphatic carbocycles. The molecule has 0 saturated carbocycles. The first-order chi connectivity index (χ1) is 10.5. The molecular weight excluding hydrogens is 302 g/mol. The molecule has 1 heterocycles. The number of aryl methyl sites for hydroxylation is 1. The Hall–Kier alpha value is -2.80. The third kappa shape index (κ3) is 2.79. The maximum Gasteiger partial charge on any atom is 0.270 e. The van der Waals surface area contributed by atoms with Gasteiger partial charge in [-0.2, -0.15) is 0 Å². The second kappa shape index (κ2) is 5.53. The van der Waals surface area contributed by atoms with Crippen molar-refractivity contribution in [2.75, 3.05) is 0 Å². The molecular formula is C15H10N3O3S-. The SMILES string of the molecule is Cc1nc2cc(N=Cc3cc([N+](=O)[O-])ccc3[O-])ccc2s1. The van der Waals surface area contributed by atoms with Crippen LogP contribution in [0.15, 0.2) is 41.4 Å². The first-order valence-corrected chi connectivity index (χ1v) is 7.21. The standard InChI is InChI=1S/C15H11N3O3S/c1-9-17-13-7-11(2-5-15(13)22-9)16-8-10-6-12(18(20)21)3-4-14(10)19/h2-8,19H,1H3/p-1. The van der Waals surface area contributed by atoms with Crippen LogP contribution in [0.3, 0.4) is 0 Å². The number of rotatable bonds is 3. The average Bonchev–Trinajstić information content (AvgIpc) is 2.85. The van der Waals surface area contributed by atoms with Crippen molar-refractivity contribution in [3.05, 3.63) is 57.1 Å². The fourth-order valence-corrected chi connectivity index (χ4v) is 2.81. The summed E-state index contributed by atoms with van der Waals surface area (Å²) in [5, 5.41) is 23.4. The number of fused-ring (bicyclic) bond motifs is 1. The minimum Gasteiger partial charge on any atom is -0.872 e. The Labute approximate surface area is 129 Å². The normalized spacial score (nSPS) is 11.3. The summed E-state index contributed by atoms with van der Waals surface area (Å²) in [5.74, 6) is -0.306. The van der Waals surface area contributed by atoms with E-state index in [1.165, 1.54) is 24.4 Å². The first-order valence-electron chi connectivity index (χ1n) is 6.39. The number of aromatic nitrogens is 1. The molecule has 0 spiro atoms. The van der Waals surface area contributed by atoms with E-state index in [0.29, 0.717) is 5.69 Å². The van der Waals surface area contributed by atoms with Gasteiger partial charge in [-0.1, -0.05) is 11.8 Å². The quantitative estimate of drug-likeness (QED) is 0.421. The van der Waals surface area contributed by atoms with Crippen LogP contribution in [0.5, 0.6) is 5.75 Å². The highest BCUT2D eigenvalue weighted by molar-refractivity contribution is 7.18. The lowest BCUT2D eigenvalue weighted by atomic mass is 10.2. The van der Waals surface area contributed by atoms with Crippen LogP contribution < -0.4 is 5.11 Å². The Morgan fingerprint density at radius 1 is 1.27 bits per heavy atom. The molecule has 1 aromatic heterocycles. The van der Waals surface area contributed by atoms with Crippen LogP contribution in [0.4, 0.5) is 11.4 Å². The van der Waals surface area contributed by atoms with E-state index in [1.807, 2.05) is 25.1 Å². The number of hydrogen-bond donors (Lipinski definition) is 0. The summed E-state index contributed by atoms with van der Waals surface area (Å²) in [4.78, 5) is 18.8. The van der Waals surface area contributed by atoms with Crippen LogP contribution in [0.1, 0.15) is 10.6 Å². The van der Waals surface area contributed by atoms with Crippen LogP contribution in [-0.4, -0.2) is 16.1 Å². The van der Waals surface area contributed by atoms with Gasteiger partial charge >= 0.3 is 0 Å². The molecule has 0 fully saturated rings. The van der Waals surface area contributed by atoms with Gasteiger partial charge in [-0.25, -0.2) is 4.98 Å². The zero-order valence-corrected chi connectivity index (χ0v) is 12.3. The smallest absolute Gasteiger partial charge is 0.270 e. The first kappa shape index (κ1) is 14.2. The summed E-state index contributed by atoms with van der Waals surface area (Å²) in [6.07, 6.45) is 1.34. The van der Waals surface area contributed by atoms with Crippen molar-refractivity contribution in [2.45, 2.75) is 6.92 Å². The summed E-state index contributed by atoms with van der Waals surface area (Å²) < 4.78 is 1.07. The van der Waals surface area contributed by atoms with Gasteiger partial charge in [0, 0.05) is 18.3 Å². The Morgan fingerprint density at radius 3 is 2.86 bits per heavy atom. The van der Waals surface area contributed by atoms with E-state index in [9.17, 15) is 15.2 Å². The van der Waals surface area contributed by atoms with Crippen molar-refractivity contribution in [3.8, 4) is 5.75 Å². The van der Waals surface area contributed by atoms with Crippen LogP contribution in [0, 0.1) is 17.0 Å². The van der Waals surface area contributed by atoms with Gasteiger partial charge in [0.05, 0.1) is 25.8 Å². The van der Waals surface area contributed by atoms with Crippen molar-refractivity contribution >= 4 is 39.1 Å². The molecule has 7 heteroatoms. The Balaban J connectivity index is 1.95. The summed E-state index contributed by atoms with van der Waals surface area (Å²) in [7, 11) is 0. The highest BCUT2D eigenvalue weighted by Gasteiger charge is 2.05. The minimum absolute atomic E-state index is 0.133. The summed E-state index contributed by atoms with van der Waals surface area (Å²) in [5.41, 5.74) is 1.54. The zero-order valence-electron chi connectivity index (χ0n) is 11.5. The van der Waals surface area contributed by atoms with Gasteiger partial charge in [0.15, 0.2) is 0 Å². The van der Waals surface area contributed by atoms with Gasteiger partial charge in [0.1, 0.15) is 0 Å². The molecule has 0 radical (unpaired) electrons. The van der Waals surface area contributed by atoms with Gasteiger partial charge in [0.2, 0.25) is 0 Å². The summed E-state index contributed by atoms with van der Waals surface area (Å²) in [6.45, 7) is 1.93. The predicted molar refractivity (Wildman–Crippen MR) is 84.2 cm³/mol. The predicted octanol–water partition coefficient (Wildman–Crippen LogP) is 3.34. The van der Waals surface area contributed by atoms with Crippen LogP contribution >= 0.6 is 11.3 Å². The largest absolute Gasteiger partial charge is 0.872 e. The Kier molecular flexibility index (Phi) is 3.56. The fourth-order valence-electron chi connectivity index (χ4n) is 2.01.